The fourth-order valence-corrected chi connectivity index (χ4v) is 3.91. The molecule has 26 heavy (non-hydrogen) atoms. The number of ether oxygens (including phenoxy) is 3. The van der Waals surface area contributed by atoms with Gasteiger partial charge in [0.25, 0.3) is 0 Å². The fraction of sp³-hybridized carbons (Fsp3) is 0.579. The van der Waals surface area contributed by atoms with Crippen molar-refractivity contribution >= 4 is 17.5 Å². The Morgan fingerprint density at radius 1 is 1.23 bits per heavy atom. The summed E-state index contributed by atoms with van der Waals surface area (Å²) in [7, 11) is 0. The fourth-order valence-electron chi connectivity index (χ4n) is 3.91. The van der Waals surface area contributed by atoms with Crippen LogP contribution in [0, 0.1) is 5.92 Å². The maximum Gasteiger partial charge on any atom is 0.231 e. The lowest BCUT2D eigenvalue weighted by atomic mass is 10.0. The van der Waals surface area contributed by atoms with Gasteiger partial charge in [0.15, 0.2) is 11.5 Å². The molecule has 3 heterocycles. The van der Waals surface area contributed by atoms with Crippen molar-refractivity contribution in [2.24, 2.45) is 5.92 Å². The zero-order valence-electron chi connectivity index (χ0n) is 15.0. The normalized spacial score (nSPS) is 23.0. The molecule has 140 valence electrons. The van der Waals surface area contributed by atoms with Crippen LogP contribution in [0.3, 0.4) is 0 Å². The summed E-state index contributed by atoms with van der Waals surface area (Å²) in [5, 5.41) is 0. The van der Waals surface area contributed by atoms with Crippen LogP contribution in [0.4, 0.5) is 5.69 Å². The number of amides is 2. The molecule has 0 aliphatic carbocycles. The van der Waals surface area contributed by atoms with Crippen molar-refractivity contribution in [2.45, 2.75) is 32.3 Å². The molecule has 3 aliphatic rings. The SMILES string of the molecule is CCOC1CCN(C(=O)C2CC(=O)N(c3ccc4c(c3)OCO4)C2)CC1. The average molecular weight is 360 g/mol. The average Bonchev–Trinajstić information content (AvgIpc) is 3.27. The molecular weight excluding hydrogens is 336 g/mol. The Kier molecular flexibility index (Phi) is 4.72. The number of rotatable bonds is 4. The van der Waals surface area contributed by atoms with Crippen LogP contribution >= 0.6 is 0 Å². The second-order valence-electron chi connectivity index (χ2n) is 6.92. The van der Waals surface area contributed by atoms with Crippen molar-refractivity contribution in [3.05, 3.63) is 18.2 Å². The molecule has 1 aromatic rings. The molecule has 2 saturated heterocycles. The second-order valence-corrected chi connectivity index (χ2v) is 6.92. The summed E-state index contributed by atoms with van der Waals surface area (Å²) in [5.41, 5.74) is 0.754. The molecule has 7 nitrogen and oxygen atoms in total. The summed E-state index contributed by atoms with van der Waals surface area (Å²) in [4.78, 5) is 28.9. The molecule has 0 bridgehead atoms. The van der Waals surface area contributed by atoms with Crippen molar-refractivity contribution < 1.29 is 23.8 Å². The van der Waals surface area contributed by atoms with E-state index in [2.05, 4.69) is 0 Å². The second kappa shape index (κ2) is 7.15. The monoisotopic (exact) mass is 360 g/mol. The molecule has 1 aromatic carbocycles. The van der Waals surface area contributed by atoms with Gasteiger partial charge >= 0.3 is 0 Å². The molecule has 7 heteroatoms. The summed E-state index contributed by atoms with van der Waals surface area (Å²) in [5.74, 6) is 1.10. The van der Waals surface area contributed by atoms with E-state index in [-0.39, 0.29) is 37.0 Å². The van der Waals surface area contributed by atoms with Crippen molar-refractivity contribution in [2.75, 3.05) is 37.9 Å². The van der Waals surface area contributed by atoms with E-state index in [0.717, 1.165) is 18.5 Å². The largest absolute Gasteiger partial charge is 0.454 e. The molecule has 1 unspecified atom stereocenters. The third-order valence-corrected chi connectivity index (χ3v) is 5.30. The van der Waals surface area contributed by atoms with Crippen molar-refractivity contribution in [1.82, 2.24) is 4.90 Å². The summed E-state index contributed by atoms with van der Waals surface area (Å²) >= 11 is 0. The van der Waals surface area contributed by atoms with Crippen LogP contribution in [-0.4, -0.2) is 55.9 Å². The Bertz CT molecular complexity index is 699. The zero-order valence-corrected chi connectivity index (χ0v) is 15.0. The van der Waals surface area contributed by atoms with Gasteiger partial charge < -0.3 is 24.0 Å². The summed E-state index contributed by atoms with van der Waals surface area (Å²) in [6.07, 6.45) is 2.25. The molecule has 0 spiro atoms. The number of piperidine rings is 1. The lowest BCUT2D eigenvalue weighted by Crippen LogP contribution is -2.44. The van der Waals surface area contributed by atoms with Crippen LogP contribution in [0.15, 0.2) is 18.2 Å². The molecule has 0 saturated carbocycles. The zero-order chi connectivity index (χ0) is 18.1. The number of carbonyl (C=O) groups excluding carboxylic acids is 2. The highest BCUT2D eigenvalue weighted by atomic mass is 16.7. The third-order valence-electron chi connectivity index (χ3n) is 5.30. The van der Waals surface area contributed by atoms with Gasteiger partial charge in [-0.3, -0.25) is 9.59 Å². The number of carbonyl (C=O) groups is 2. The van der Waals surface area contributed by atoms with Crippen molar-refractivity contribution in [3.8, 4) is 11.5 Å². The van der Waals surface area contributed by atoms with Gasteiger partial charge in [0, 0.05) is 44.4 Å². The first-order chi connectivity index (χ1) is 12.7. The van der Waals surface area contributed by atoms with Gasteiger partial charge in [0.1, 0.15) is 0 Å². The van der Waals surface area contributed by atoms with Crippen LogP contribution in [0.25, 0.3) is 0 Å². The van der Waals surface area contributed by atoms with Gasteiger partial charge in [-0.05, 0) is 31.9 Å². The van der Waals surface area contributed by atoms with Crippen LogP contribution in [0.5, 0.6) is 11.5 Å². The maximum absolute atomic E-state index is 12.8. The first kappa shape index (κ1) is 17.1. The first-order valence-corrected chi connectivity index (χ1v) is 9.26. The number of anilines is 1. The molecule has 3 aliphatic heterocycles. The smallest absolute Gasteiger partial charge is 0.231 e. The topological polar surface area (TPSA) is 68.3 Å². The molecule has 0 N–H and O–H groups in total. The van der Waals surface area contributed by atoms with Crippen molar-refractivity contribution in [3.63, 3.8) is 0 Å². The lowest BCUT2D eigenvalue weighted by Gasteiger charge is -2.33. The van der Waals surface area contributed by atoms with Crippen LogP contribution in [-0.2, 0) is 14.3 Å². The predicted octanol–water partition coefficient (Wildman–Crippen LogP) is 1.80. The minimum atomic E-state index is -0.281. The number of nitrogens with zero attached hydrogens (tertiary/aromatic N) is 2. The molecular formula is C19H24N2O5. The highest BCUT2D eigenvalue weighted by Gasteiger charge is 2.38. The minimum absolute atomic E-state index is 0.0218. The highest BCUT2D eigenvalue weighted by Crippen LogP contribution is 2.37. The van der Waals surface area contributed by atoms with E-state index in [1.54, 1.807) is 17.0 Å². The first-order valence-electron chi connectivity index (χ1n) is 9.26. The number of hydrogen-bond acceptors (Lipinski definition) is 5. The number of hydrogen-bond donors (Lipinski definition) is 0. The molecule has 2 amide bonds. The highest BCUT2D eigenvalue weighted by molar-refractivity contribution is 6.00. The van der Waals surface area contributed by atoms with Crippen LogP contribution in [0.2, 0.25) is 0 Å². The van der Waals surface area contributed by atoms with Crippen LogP contribution < -0.4 is 14.4 Å². The molecule has 1 atom stereocenters. The van der Waals surface area contributed by atoms with E-state index in [1.807, 2.05) is 17.9 Å². The number of benzene rings is 1. The predicted molar refractivity (Wildman–Crippen MR) is 94.3 cm³/mol. The van der Waals surface area contributed by atoms with Gasteiger partial charge in [-0.15, -0.1) is 0 Å². The standard InChI is InChI=1S/C19H24N2O5/c1-2-24-15-5-7-20(8-6-15)19(23)13-9-18(22)21(11-13)14-3-4-16-17(10-14)26-12-25-16/h3-4,10,13,15H,2,5-9,11-12H2,1H3. The Labute approximate surface area is 152 Å². The molecule has 0 aromatic heterocycles. The van der Waals surface area contributed by atoms with Crippen LogP contribution in [0.1, 0.15) is 26.2 Å². The van der Waals surface area contributed by atoms with E-state index >= 15 is 0 Å². The van der Waals surface area contributed by atoms with E-state index < -0.39 is 0 Å². The van der Waals surface area contributed by atoms with Gasteiger partial charge in [0.05, 0.1) is 12.0 Å². The molecule has 4 rings (SSSR count). The van der Waals surface area contributed by atoms with Gasteiger partial charge in [0.2, 0.25) is 18.6 Å². The van der Waals surface area contributed by atoms with E-state index in [0.29, 0.717) is 37.7 Å². The quantitative estimate of drug-likeness (QED) is 0.819. The Balaban J connectivity index is 1.39. The molecule has 2 fully saturated rings. The van der Waals surface area contributed by atoms with E-state index in [9.17, 15) is 9.59 Å². The Hall–Kier alpha value is -2.28. The van der Waals surface area contributed by atoms with Crippen molar-refractivity contribution in [1.29, 1.82) is 0 Å². The van der Waals surface area contributed by atoms with E-state index in [1.165, 1.54) is 0 Å². The van der Waals surface area contributed by atoms with E-state index in [4.69, 9.17) is 14.2 Å². The number of likely N-dealkylation sites (tertiary alicyclic amines) is 1. The third kappa shape index (κ3) is 3.23. The number of fused-ring (bicyclic) bond motifs is 1. The van der Waals surface area contributed by atoms with Gasteiger partial charge in [-0.1, -0.05) is 0 Å². The maximum atomic E-state index is 12.8. The Morgan fingerprint density at radius 3 is 2.77 bits per heavy atom. The minimum Gasteiger partial charge on any atom is -0.454 e. The van der Waals surface area contributed by atoms with Gasteiger partial charge in [-0.2, -0.15) is 0 Å². The van der Waals surface area contributed by atoms with Gasteiger partial charge in [-0.25, -0.2) is 0 Å². The summed E-state index contributed by atoms with van der Waals surface area (Å²) < 4.78 is 16.3. The Morgan fingerprint density at radius 2 is 2.00 bits per heavy atom. The summed E-state index contributed by atoms with van der Waals surface area (Å²) in [6.45, 7) is 4.73. The summed E-state index contributed by atoms with van der Waals surface area (Å²) in [6, 6.07) is 5.45. The lowest BCUT2D eigenvalue weighted by molar-refractivity contribution is -0.138. The molecule has 0 radical (unpaired) electrons.